The maximum Gasteiger partial charge on any atom is 0.317 e. The molecule has 0 saturated heterocycles. The van der Waals surface area contributed by atoms with E-state index in [-0.39, 0.29) is 12.0 Å². The maximum absolute atomic E-state index is 12.1. The van der Waals surface area contributed by atoms with Crippen LogP contribution in [0.2, 0.25) is 0 Å². The molecule has 2 atom stereocenters. The fraction of sp³-hybridized carbons (Fsp3) is 0.312. The van der Waals surface area contributed by atoms with Gasteiger partial charge in [-0.25, -0.2) is 4.99 Å². The Kier molecular flexibility index (Phi) is 5.22. The van der Waals surface area contributed by atoms with E-state index in [9.17, 15) is 4.79 Å². The van der Waals surface area contributed by atoms with Gasteiger partial charge in [0.15, 0.2) is 5.11 Å². The lowest BCUT2D eigenvalue weighted by Crippen LogP contribution is -2.48. The number of hydrogen-bond donors (Lipinski definition) is 1. The Morgan fingerprint density at radius 2 is 2.14 bits per heavy atom. The quantitative estimate of drug-likeness (QED) is 0.686. The monoisotopic (exact) mass is 302 g/mol. The van der Waals surface area contributed by atoms with Crippen LogP contribution in [0.25, 0.3) is 6.08 Å². The zero-order chi connectivity index (χ0) is 15.2. The minimum atomic E-state index is -0.448. The third-order valence-corrected chi connectivity index (χ3v) is 3.42. The summed E-state index contributed by atoms with van der Waals surface area (Å²) in [6.45, 7) is 3.94. The highest BCUT2D eigenvalue weighted by molar-refractivity contribution is 7.80. The summed E-state index contributed by atoms with van der Waals surface area (Å²) < 4.78 is 5.13. The van der Waals surface area contributed by atoms with Crippen molar-refractivity contribution in [3.8, 4) is 0 Å². The highest BCUT2D eigenvalue weighted by Gasteiger charge is 2.34. The number of benzene rings is 1. The number of nitrogens with zero attached hydrogens (tertiary/aromatic N) is 1. The molecule has 0 spiro atoms. The van der Waals surface area contributed by atoms with E-state index < -0.39 is 5.92 Å². The van der Waals surface area contributed by atoms with Crippen molar-refractivity contribution in [2.75, 3.05) is 6.61 Å². The SMILES string of the molecule is CCOC(=O)[C@H]1C(C)=NC(=S)N[C@@H]1/C=C/c1ccccc1. The van der Waals surface area contributed by atoms with Gasteiger partial charge in [0, 0.05) is 5.71 Å². The summed E-state index contributed by atoms with van der Waals surface area (Å²) >= 11 is 5.11. The second-order valence-electron chi connectivity index (χ2n) is 4.73. The van der Waals surface area contributed by atoms with E-state index in [1.165, 1.54) is 0 Å². The number of ether oxygens (including phenoxy) is 1. The number of esters is 1. The fourth-order valence-electron chi connectivity index (χ4n) is 2.24. The van der Waals surface area contributed by atoms with Crippen LogP contribution < -0.4 is 5.32 Å². The number of carbonyl (C=O) groups excluding carboxylic acids is 1. The Labute approximate surface area is 129 Å². The van der Waals surface area contributed by atoms with Crippen LogP contribution in [-0.4, -0.2) is 29.4 Å². The van der Waals surface area contributed by atoms with Crippen LogP contribution in [-0.2, 0) is 9.53 Å². The average molecular weight is 302 g/mol. The van der Waals surface area contributed by atoms with E-state index in [0.29, 0.717) is 17.4 Å². The van der Waals surface area contributed by atoms with Gasteiger partial charge in [0.2, 0.25) is 0 Å². The van der Waals surface area contributed by atoms with Gasteiger partial charge in [-0.3, -0.25) is 4.79 Å². The Hall–Kier alpha value is -2.01. The fourth-order valence-corrected chi connectivity index (χ4v) is 2.52. The van der Waals surface area contributed by atoms with Crippen LogP contribution in [0.3, 0.4) is 0 Å². The van der Waals surface area contributed by atoms with Crippen molar-refractivity contribution in [1.82, 2.24) is 5.32 Å². The standard InChI is InChI=1S/C16H18N2O2S/c1-3-20-15(19)14-11(2)17-16(21)18-13(14)10-9-12-7-5-4-6-8-12/h4-10,13-14H,3H2,1-2H3,(H,18,21)/b10-9+/t13-,14+/m1/s1. The maximum atomic E-state index is 12.1. The van der Waals surface area contributed by atoms with Gasteiger partial charge in [-0.05, 0) is 31.6 Å². The summed E-state index contributed by atoms with van der Waals surface area (Å²) in [5.41, 5.74) is 1.74. The molecule has 1 aliphatic rings. The van der Waals surface area contributed by atoms with Crippen molar-refractivity contribution in [1.29, 1.82) is 0 Å². The van der Waals surface area contributed by atoms with Crippen molar-refractivity contribution >= 4 is 35.1 Å². The molecule has 0 aliphatic carbocycles. The molecule has 4 nitrogen and oxygen atoms in total. The number of rotatable bonds is 4. The third kappa shape index (κ3) is 3.98. The molecule has 0 aromatic heterocycles. The number of aliphatic imine (C=N–C) groups is 1. The van der Waals surface area contributed by atoms with Gasteiger partial charge in [-0.2, -0.15) is 0 Å². The lowest BCUT2D eigenvalue weighted by atomic mass is 9.93. The van der Waals surface area contributed by atoms with Crippen molar-refractivity contribution < 1.29 is 9.53 Å². The van der Waals surface area contributed by atoms with Crippen molar-refractivity contribution in [3.63, 3.8) is 0 Å². The number of carbonyl (C=O) groups is 1. The van der Waals surface area contributed by atoms with E-state index >= 15 is 0 Å². The molecular formula is C16H18N2O2S. The molecule has 0 saturated carbocycles. The first kappa shape index (κ1) is 15.4. The Morgan fingerprint density at radius 1 is 1.43 bits per heavy atom. The molecule has 1 aromatic rings. The summed E-state index contributed by atoms with van der Waals surface area (Å²) in [6.07, 6.45) is 3.90. The van der Waals surface area contributed by atoms with Crippen molar-refractivity contribution in [2.45, 2.75) is 19.9 Å². The first-order valence-corrected chi connectivity index (χ1v) is 7.28. The smallest absolute Gasteiger partial charge is 0.317 e. The van der Waals surface area contributed by atoms with Crippen molar-refractivity contribution in [3.05, 3.63) is 42.0 Å². The van der Waals surface area contributed by atoms with Gasteiger partial charge >= 0.3 is 5.97 Å². The second kappa shape index (κ2) is 7.13. The van der Waals surface area contributed by atoms with Gasteiger partial charge in [0.25, 0.3) is 0 Å². The predicted octanol–water partition coefficient (Wildman–Crippen LogP) is 2.60. The van der Waals surface area contributed by atoms with Crippen LogP contribution in [0, 0.1) is 5.92 Å². The molecule has 5 heteroatoms. The molecule has 0 amide bonds. The summed E-state index contributed by atoms with van der Waals surface area (Å²) in [5.74, 6) is -0.729. The largest absolute Gasteiger partial charge is 0.465 e. The predicted molar refractivity (Wildman–Crippen MR) is 88.2 cm³/mol. The summed E-state index contributed by atoms with van der Waals surface area (Å²) in [4.78, 5) is 16.3. The molecule has 21 heavy (non-hydrogen) atoms. The molecule has 0 unspecified atom stereocenters. The van der Waals surface area contributed by atoms with Crippen LogP contribution in [0.4, 0.5) is 0 Å². The van der Waals surface area contributed by atoms with E-state index in [1.54, 1.807) is 13.8 Å². The summed E-state index contributed by atoms with van der Waals surface area (Å²) in [7, 11) is 0. The molecule has 0 bridgehead atoms. The van der Waals surface area contributed by atoms with Gasteiger partial charge in [0.1, 0.15) is 5.92 Å². The number of nitrogens with one attached hydrogen (secondary N) is 1. The Morgan fingerprint density at radius 3 is 2.81 bits per heavy atom. The topological polar surface area (TPSA) is 50.7 Å². The first-order valence-electron chi connectivity index (χ1n) is 6.87. The van der Waals surface area contributed by atoms with Crippen LogP contribution >= 0.6 is 12.2 Å². The van der Waals surface area contributed by atoms with Gasteiger partial charge in [0.05, 0.1) is 12.6 Å². The third-order valence-electron chi connectivity index (χ3n) is 3.21. The lowest BCUT2D eigenvalue weighted by molar-refractivity contribution is -0.145. The highest BCUT2D eigenvalue weighted by Crippen LogP contribution is 2.17. The normalized spacial score (nSPS) is 21.8. The zero-order valence-electron chi connectivity index (χ0n) is 12.1. The molecule has 1 aromatic carbocycles. The average Bonchev–Trinajstić information content (AvgIpc) is 2.45. The molecule has 1 N–H and O–H groups in total. The van der Waals surface area contributed by atoms with E-state index in [4.69, 9.17) is 17.0 Å². The van der Waals surface area contributed by atoms with E-state index in [1.807, 2.05) is 42.5 Å². The molecule has 1 heterocycles. The van der Waals surface area contributed by atoms with Crippen LogP contribution in [0.15, 0.2) is 41.4 Å². The van der Waals surface area contributed by atoms with Gasteiger partial charge in [-0.15, -0.1) is 0 Å². The zero-order valence-corrected chi connectivity index (χ0v) is 12.9. The summed E-state index contributed by atoms with van der Waals surface area (Å²) in [5, 5.41) is 3.46. The molecule has 110 valence electrons. The Balaban J connectivity index is 2.22. The van der Waals surface area contributed by atoms with Crippen molar-refractivity contribution in [2.24, 2.45) is 10.9 Å². The van der Waals surface area contributed by atoms with Gasteiger partial charge < -0.3 is 10.1 Å². The highest BCUT2D eigenvalue weighted by atomic mass is 32.1. The van der Waals surface area contributed by atoms with Crippen LogP contribution in [0.1, 0.15) is 19.4 Å². The minimum Gasteiger partial charge on any atom is -0.465 e. The number of hydrogen-bond acceptors (Lipinski definition) is 3. The molecule has 0 radical (unpaired) electrons. The second-order valence-corrected chi connectivity index (χ2v) is 5.11. The van der Waals surface area contributed by atoms with E-state index in [2.05, 4.69) is 10.3 Å². The molecule has 2 rings (SSSR count). The van der Waals surface area contributed by atoms with E-state index in [0.717, 1.165) is 5.56 Å². The number of thiocarbonyl (C=S) groups is 1. The summed E-state index contributed by atoms with van der Waals surface area (Å²) in [6, 6.07) is 9.65. The van der Waals surface area contributed by atoms with Gasteiger partial charge in [-0.1, -0.05) is 42.5 Å². The lowest BCUT2D eigenvalue weighted by Gasteiger charge is -2.28. The minimum absolute atomic E-state index is 0.241. The van der Waals surface area contributed by atoms with Crippen LogP contribution in [0.5, 0.6) is 0 Å². The Bertz CT molecular complexity index is 581. The molecule has 0 fully saturated rings. The first-order chi connectivity index (χ1) is 10.1. The molecule has 1 aliphatic heterocycles. The molecular weight excluding hydrogens is 284 g/mol.